The van der Waals surface area contributed by atoms with E-state index in [0.29, 0.717) is 19.6 Å². The van der Waals surface area contributed by atoms with Crippen molar-refractivity contribution in [2.75, 3.05) is 26.3 Å². The van der Waals surface area contributed by atoms with Crippen LogP contribution in [0.4, 0.5) is 0 Å². The third kappa shape index (κ3) is 3.02. The van der Waals surface area contributed by atoms with Crippen molar-refractivity contribution >= 4 is 17.2 Å². The fraction of sp³-hybridized carbons (Fsp3) is 0.714. The summed E-state index contributed by atoms with van der Waals surface area (Å²) in [6.07, 6.45) is 2.86. The lowest BCUT2D eigenvalue weighted by atomic mass is 10.0. The monoisotopic (exact) mass is 296 g/mol. The summed E-state index contributed by atoms with van der Waals surface area (Å²) in [5.41, 5.74) is 1.04. The second-order valence-corrected chi connectivity index (χ2v) is 6.31. The Labute approximate surface area is 122 Å². The number of thiazole rings is 1. The van der Waals surface area contributed by atoms with E-state index < -0.39 is 5.79 Å². The molecule has 1 amide bonds. The second-order valence-electron chi connectivity index (χ2n) is 5.37. The highest BCUT2D eigenvalue weighted by Crippen LogP contribution is 2.31. The van der Waals surface area contributed by atoms with Crippen molar-refractivity contribution in [2.45, 2.75) is 38.4 Å². The van der Waals surface area contributed by atoms with Crippen LogP contribution in [0.5, 0.6) is 0 Å². The van der Waals surface area contributed by atoms with Crippen LogP contribution in [0.2, 0.25) is 0 Å². The lowest BCUT2D eigenvalue weighted by Crippen LogP contribution is -2.47. The molecule has 2 aliphatic heterocycles. The standard InChI is InChI=1S/C14H20N2O3S/c1-11-10-20-12(15-11)2-3-13(17)16-6-4-14(5-7-16)18-8-9-19-14/h10H,2-9H2,1H3. The average molecular weight is 296 g/mol. The summed E-state index contributed by atoms with van der Waals surface area (Å²) in [6.45, 7) is 4.80. The van der Waals surface area contributed by atoms with Crippen molar-refractivity contribution in [3.8, 4) is 0 Å². The summed E-state index contributed by atoms with van der Waals surface area (Å²) in [6, 6.07) is 0. The van der Waals surface area contributed by atoms with Gasteiger partial charge in [0.2, 0.25) is 5.91 Å². The third-order valence-electron chi connectivity index (χ3n) is 3.91. The van der Waals surface area contributed by atoms with Crippen molar-refractivity contribution in [3.63, 3.8) is 0 Å². The van der Waals surface area contributed by atoms with E-state index in [2.05, 4.69) is 4.98 Å². The van der Waals surface area contributed by atoms with Gasteiger partial charge >= 0.3 is 0 Å². The molecule has 0 unspecified atom stereocenters. The van der Waals surface area contributed by atoms with Crippen LogP contribution in [-0.2, 0) is 20.7 Å². The molecule has 1 aromatic heterocycles. The van der Waals surface area contributed by atoms with Gasteiger partial charge in [-0.15, -0.1) is 11.3 Å². The number of piperidine rings is 1. The van der Waals surface area contributed by atoms with Crippen molar-refractivity contribution < 1.29 is 14.3 Å². The van der Waals surface area contributed by atoms with Crippen LogP contribution in [0.25, 0.3) is 0 Å². The zero-order valence-corrected chi connectivity index (χ0v) is 12.6. The smallest absolute Gasteiger partial charge is 0.222 e. The Morgan fingerprint density at radius 3 is 2.70 bits per heavy atom. The van der Waals surface area contributed by atoms with Gasteiger partial charge in [-0.25, -0.2) is 4.98 Å². The molecule has 0 bridgehead atoms. The minimum atomic E-state index is -0.400. The average Bonchev–Trinajstić information content (AvgIpc) is 3.07. The SMILES string of the molecule is Cc1csc(CCC(=O)N2CCC3(CC2)OCCO3)n1. The zero-order valence-electron chi connectivity index (χ0n) is 11.8. The Hall–Kier alpha value is -0.980. The molecule has 0 saturated carbocycles. The Morgan fingerprint density at radius 2 is 2.10 bits per heavy atom. The number of carbonyl (C=O) groups is 1. The summed E-state index contributed by atoms with van der Waals surface area (Å²) in [4.78, 5) is 18.5. The molecule has 0 N–H and O–H groups in total. The van der Waals surface area contributed by atoms with Crippen LogP contribution in [0.3, 0.4) is 0 Å². The highest BCUT2D eigenvalue weighted by Gasteiger charge is 2.40. The predicted octanol–water partition coefficient (Wildman–Crippen LogP) is 1.75. The highest BCUT2D eigenvalue weighted by atomic mass is 32.1. The molecule has 2 aliphatic rings. The summed E-state index contributed by atoms with van der Waals surface area (Å²) < 4.78 is 11.3. The van der Waals surface area contributed by atoms with E-state index in [4.69, 9.17) is 9.47 Å². The number of likely N-dealkylation sites (tertiary alicyclic amines) is 1. The van der Waals surface area contributed by atoms with Crippen molar-refractivity contribution in [1.29, 1.82) is 0 Å². The number of aryl methyl sites for hydroxylation is 2. The van der Waals surface area contributed by atoms with E-state index >= 15 is 0 Å². The van der Waals surface area contributed by atoms with Gasteiger partial charge in [-0.05, 0) is 6.92 Å². The fourth-order valence-electron chi connectivity index (χ4n) is 2.77. The number of carbonyl (C=O) groups excluding carboxylic acids is 1. The fourth-order valence-corrected chi connectivity index (χ4v) is 3.55. The number of hydrogen-bond donors (Lipinski definition) is 0. The molecule has 0 atom stereocenters. The molecule has 1 spiro atoms. The summed E-state index contributed by atoms with van der Waals surface area (Å²) >= 11 is 1.63. The maximum atomic E-state index is 12.2. The zero-order chi connectivity index (χ0) is 14.0. The van der Waals surface area contributed by atoms with E-state index in [9.17, 15) is 4.79 Å². The van der Waals surface area contributed by atoms with Gasteiger partial charge in [0.1, 0.15) is 0 Å². The maximum absolute atomic E-state index is 12.2. The second kappa shape index (κ2) is 5.79. The molecule has 3 heterocycles. The Bertz CT molecular complexity index is 473. The minimum Gasteiger partial charge on any atom is -0.347 e. The molecular formula is C14H20N2O3S. The number of rotatable bonds is 3. The van der Waals surface area contributed by atoms with Gasteiger partial charge in [-0.1, -0.05) is 0 Å². The lowest BCUT2D eigenvalue weighted by Gasteiger charge is -2.37. The first-order valence-electron chi connectivity index (χ1n) is 7.14. The lowest BCUT2D eigenvalue weighted by molar-refractivity contribution is -0.187. The van der Waals surface area contributed by atoms with Crippen molar-refractivity contribution in [3.05, 3.63) is 16.1 Å². The topological polar surface area (TPSA) is 51.7 Å². The Kier molecular flexibility index (Phi) is 4.05. The molecule has 6 heteroatoms. The summed E-state index contributed by atoms with van der Waals surface area (Å²) in [7, 11) is 0. The maximum Gasteiger partial charge on any atom is 0.222 e. The third-order valence-corrected chi connectivity index (χ3v) is 4.94. The van der Waals surface area contributed by atoms with Crippen molar-refractivity contribution in [1.82, 2.24) is 9.88 Å². The highest BCUT2D eigenvalue weighted by molar-refractivity contribution is 7.09. The van der Waals surface area contributed by atoms with Gasteiger partial charge < -0.3 is 14.4 Å². The molecule has 5 nitrogen and oxygen atoms in total. The van der Waals surface area contributed by atoms with E-state index in [-0.39, 0.29) is 5.91 Å². The normalized spacial score (nSPS) is 21.6. The van der Waals surface area contributed by atoms with Gasteiger partial charge in [-0.2, -0.15) is 0 Å². The first kappa shape index (κ1) is 14.0. The molecule has 20 heavy (non-hydrogen) atoms. The summed E-state index contributed by atoms with van der Waals surface area (Å²) in [5.74, 6) is -0.186. The number of amides is 1. The van der Waals surface area contributed by atoms with Crippen LogP contribution in [0.1, 0.15) is 30.0 Å². The molecule has 2 saturated heterocycles. The first-order valence-corrected chi connectivity index (χ1v) is 8.02. The Morgan fingerprint density at radius 1 is 1.40 bits per heavy atom. The minimum absolute atomic E-state index is 0.214. The van der Waals surface area contributed by atoms with E-state index in [1.807, 2.05) is 17.2 Å². The van der Waals surface area contributed by atoms with Crippen LogP contribution in [0, 0.1) is 6.92 Å². The predicted molar refractivity (Wildman–Crippen MR) is 75.6 cm³/mol. The largest absolute Gasteiger partial charge is 0.347 e. The van der Waals surface area contributed by atoms with Gasteiger partial charge in [0.15, 0.2) is 5.79 Å². The molecule has 2 fully saturated rings. The summed E-state index contributed by atoms with van der Waals surface area (Å²) in [5, 5.41) is 3.07. The van der Waals surface area contributed by atoms with E-state index in [1.54, 1.807) is 11.3 Å². The number of nitrogens with zero attached hydrogens (tertiary/aromatic N) is 2. The number of hydrogen-bond acceptors (Lipinski definition) is 5. The quantitative estimate of drug-likeness (QED) is 0.853. The van der Waals surface area contributed by atoms with E-state index in [1.165, 1.54) is 0 Å². The number of aromatic nitrogens is 1. The van der Waals surface area contributed by atoms with Gasteiger partial charge in [-0.3, -0.25) is 4.79 Å². The van der Waals surface area contributed by atoms with E-state index in [0.717, 1.165) is 43.1 Å². The first-order chi connectivity index (χ1) is 9.67. The van der Waals surface area contributed by atoms with Crippen LogP contribution >= 0.6 is 11.3 Å². The van der Waals surface area contributed by atoms with Crippen LogP contribution < -0.4 is 0 Å². The number of ether oxygens (including phenoxy) is 2. The molecule has 3 rings (SSSR count). The van der Waals surface area contributed by atoms with Crippen molar-refractivity contribution in [2.24, 2.45) is 0 Å². The van der Waals surface area contributed by atoms with Crippen LogP contribution in [-0.4, -0.2) is 47.9 Å². The molecule has 0 aliphatic carbocycles. The molecule has 110 valence electrons. The Balaban J connectivity index is 1.46. The van der Waals surface area contributed by atoms with Gasteiger partial charge in [0.05, 0.1) is 18.2 Å². The molecule has 0 radical (unpaired) electrons. The van der Waals surface area contributed by atoms with Crippen LogP contribution in [0.15, 0.2) is 5.38 Å². The molecule has 1 aromatic rings. The van der Waals surface area contributed by atoms with Gasteiger partial charge in [0, 0.05) is 49.8 Å². The van der Waals surface area contributed by atoms with Gasteiger partial charge in [0.25, 0.3) is 0 Å². The molecular weight excluding hydrogens is 276 g/mol. The molecule has 0 aromatic carbocycles.